The number of rotatable bonds is 6. The van der Waals surface area contributed by atoms with Gasteiger partial charge in [0.15, 0.2) is 0 Å². The maximum Gasteiger partial charge on any atom is 0.353 e. The van der Waals surface area contributed by atoms with Crippen LogP contribution in [0.3, 0.4) is 0 Å². The molecule has 0 bridgehead atoms. The molecule has 0 radical (unpaired) electrons. The second-order valence-electron chi connectivity index (χ2n) is 5.75. The molecule has 4 N–H and O–H groups in total. The third-order valence-corrected chi connectivity index (χ3v) is 5.13. The van der Waals surface area contributed by atoms with E-state index in [1.165, 1.54) is 22.4 Å². The van der Waals surface area contributed by atoms with E-state index in [1.54, 1.807) is 0 Å². The molecule has 1 aliphatic heterocycles. The minimum absolute atomic E-state index is 0.263. The lowest BCUT2D eigenvalue weighted by molar-refractivity contribution is 0.0681. The van der Waals surface area contributed by atoms with Gasteiger partial charge in [-0.05, 0) is 50.4 Å². The fraction of sp³-hybridized carbons (Fsp3) is 0.438. The number of carboxylic acids is 1. The quantitative estimate of drug-likeness (QED) is 0.668. The van der Waals surface area contributed by atoms with E-state index >= 15 is 0 Å². The third kappa shape index (κ3) is 4.34. The van der Waals surface area contributed by atoms with Crippen LogP contribution in [0.25, 0.3) is 0 Å². The molecule has 0 saturated carbocycles. The lowest BCUT2D eigenvalue weighted by Crippen LogP contribution is -2.28. The molecule has 1 fully saturated rings. The zero-order chi connectivity index (χ0) is 17.7. The average Bonchev–Trinajstić information content (AvgIpc) is 2.97. The summed E-state index contributed by atoms with van der Waals surface area (Å²) in [4.78, 5) is 11.0. The summed E-state index contributed by atoms with van der Waals surface area (Å²) in [5.41, 5.74) is 0.901. The lowest BCUT2D eigenvalue weighted by atomic mass is 9.89. The largest absolute Gasteiger partial charge is 0.477 e. The molecular formula is C16H23N3O4S. The van der Waals surface area contributed by atoms with Gasteiger partial charge in [-0.25, -0.2) is 18.4 Å². The number of allylic oxidation sites excluding steroid dienone is 4. The summed E-state index contributed by atoms with van der Waals surface area (Å²) in [7, 11) is -4.06. The van der Waals surface area contributed by atoms with Gasteiger partial charge in [0, 0.05) is 12.7 Å². The first-order valence-corrected chi connectivity index (χ1v) is 9.38. The van der Waals surface area contributed by atoms with Crippen LogP contribution in [-0.4, -0.2) is 37.2 Å². The van der Waals surface area contributed by atoms with Crippen molar-refractivity contribution >= 4 is 16.0 Å². The monoisotopic (exact) mass is 353 g/mol. The van der Waals surface area contributed by atoms with Crippen LogP contribution in [-0.2, 0) is 16.6 Å². The minimum Gasteiger partial charge on any atom is -0.477 e. The highest BCUT2D eigenvalue weighted by Crippen LogP contribution is 2.22. The van der Waals surface area contributed by atoms with E-state index in [9.17, 15) is 18.3 Å². The number of aromatic carboxylic acids is 1. The number of sulfonamides is 1. The first-order valence-electron chi connectivity index (χ1n) is 7.83. The molecule has 0 aliphatic carbocycles. The van der Waals surface area contributed by atoms with Gasteiger partial charge < -0.3 is 15.0 Å². The number of hydrogen-bond acceptors (Lipinski definition) is 4. The number of hydrogen-bond donors (Lipinski definition) is 3. The van der Waals surface area contributed by atoms with E-state index < -0.39 is 16.0 Å². The normalized spacial score (nSPS) is 17.5. The Bertz CT molecular complexity index is 756. The van der Waals surface area contributed by atoms with Gasteiger partial charge >= 0.3 is 5.97 Å². The van der Waals surface area contributed by atoms with E-state index in [4.69, 9.17) is 5.14 Å². The number of aromatic nitrogens is 1. The van der Waals surface area contributed by atoms with Gasteiger partial charge in [-0.15, -0.1) is 0 Å². The molecule has 7 nitrogen and oxygen atoms in total. The van der Waals surface area contributed by atoms with Gasteiger partial charge in [-0.3, -0.25) is 0 Å². The molecule has 132 valence electrons. The number of nitrogens with one attached hydrogen (secondary N) is 1. The Hall–Kier alpha value is -1.90. The van der Waals surface area contributed by atoms with Gasteiger partial charge in [0.2, 0.25) is 10.0 Å². The van der Waals surface area contributed by atoms with Crippen LogP contribution in [0.2, 0.25) is 0 Å². The Morgan fingerprint density at radius 3 is 2.67 bits per heavy atom. The van der Waals surface area contributed by atoms with Crippen molar-refractivity contribution in [1.29, 1.82) is 0 Å². The third-order valence-electron chi connectivity index (χ3n) is 4.19. The fourth-order valence-corrected chi connectivity index (χ4v) is 3.71. The molecule has 1 saturated heterocycles. The Balaban J connectivity index is 2.16. The van der Waals surface area contributed by atoms with Gasteiger partial charge in [-0.1, -0.05) is 18.2 Å². The number of nitrogens with zero attached hydrogens (tertiary/aromatic N) is 1. The molecule has 0 unspecified atom stereocenters. The molecule has 1 aliphatic rings. The summed E-state index contributed by atoms with van der Waals surface area (Å²) >= 11 is 0. The predicted octanol–water partition coefficient (Wildman–Crippen LogP) is 1.34. The Morgan fingerprint density at radius 1 is 1.46 bits per heavy atom. The van der Waals surface area contributed by atoms with Crippen LogP contribution >= 0.6 is 0 Å². The Kier molecular flexibility index (Phi) is 5.98. The van der Waals surface area contributed by atoms with Crippen molar-refractivity contribution < 1.29 is 18.3 Å². The number of piperidine rings is 1. The van der Waals surface area contributed by atoms with Gasteiger partial charge in [-0.2, -0.15) is 0 Å². The van der Waals surface area contributed by atoms with Crippen LogP contribution in [0.4, 0.5) is 0 Å². The summed E-state index contributed by atoms with van der Waals surface area (Å²) < 4.78 is 24.3. The van der Waals surface area contributed by atoms with Crippen molar-refractivity contribution in [3.63, 3.8) is 0 Å². The molecule has 2 rings (SSSR count). The molecule has 0 atom stereocenters. The second-order valence-corrected chi connectivity index (χ2v) is 7.28. The summed E-state index contributed by atoms with van der Waals surface area (Å²) in [6, 6.07) is 1.22. The van der Waals surface area contributed by atoms with Gasteiger partial charge in [0.05, 0.1) is 0 Å². The van der Waals surface area contributed by atoms with Crippen molar-refractivity contribution in [2.45, 2.75) is 31.2 Å². The zero-order valence-corrected chi connectivity index (χ0v) is 14.4. The molecule has 24 heavy (non-hydrogen) atoms. The molecular weight excluding hydrogens is 330 g/mol. The smallest absolute Gasteiger partial charge is 0.353 e. The van der Waals surface area contributed by atoms with Crippen LogP contribution < -0.4 is 10.5 Å². The molecule has 0 spiro atoms. The standard InChI is InChI=1S/C16H23N3O4S/c1-2-12(13-5-8-18-9-6-13)4-3-10-19-11-7-14(24(17,22)23)15(19)16(20)21/h2-4,7,11,13,18H,5-6,8-10H2,1H3,(H,20,21)(H2,17,22,23)/b4-3-,12-2+. The molecule has 0 amide bonds. The number of carboxylic acid groups (broad SMARTS) is 1. The maximum absolute atomic E-state index is 11.5. The van der Waals surface area contributed by atoms with Gasteiger partial charge in [0.1, 0.15) is 10.6 Å². The summed E-state index contributed by atoms with van der Waals surface area (Å²) in [5.74, 6) is -0.821. The minimum atomic E-state index is -4.06. The van der Waals surface area contributed by atoms with E-state index in [1.807, 2.05) is 19.1 Å². The molecule has 0 aromatic carbocycles. The van der Waals surface area contributed by atoms with Gasteiger partial charge in [0.25, 0.3) is 0 Å². The van der Waals surface area contributed by atoms with Crippen molar-refractivity contribution in [2.24, 2.45) is 11.1 Å². The fourth-order valence-electron chi connectivity index (χ4n) is 2.99. The Morgan fingerprint density at radius 2 is 2.12 bits per heavy atom. The Labute approximate surface area is 141 Å². The van der Waals surface area contributed by atoms with Crippen LogP contribution in [0.5, 0.6) is 0 Å². The second kappa shape index (κ2) is 7.78. The van der Waals surface area contributed by atoms with E-state index in [0.29, 0.717) is 5.92 Å². The molecule has 8 heteroatoms. The highest BCUT2D eigenvalue weighted by atomic mass is 32.2. The summed E-state index contributed by atoms with van der Waals surface area (Å²) in [5, 5.41) is 17.7. The highest BCUT2D eigenvalue weighted by molar-refractivity contribution is 7.89. The summed E-state index contributed by atoms with van der Waals surface area (Å²) in [6.45, 7) is 4.24. The van der Waals surface area contributed by atoms with Crippen molar-refractivity contribution in [1.82, 2.24) is 9.88 Å². The van der Waals surface area contributed by atoms with E-state index in [-0.39, 0.29) is 17.1 Å². The molecule has 1 aromatic rings. The topological polar surface area (TPSA) is 114 Å². The molecule has 2 heterocycles. The lowest BCUT2D eigenvalue weighted by Gasteiger charge is -2.23. The van der Waals surface area contributed by atoms with Crippen LogP contribution in [0.1, 0.15) is 30.3 Å². The maximum atomic E-state index is 11.5. The first-order chi connectivity index (χ1) is 11.3. The van der Waals surface area contributed by atoms with E-state index in [2.05, 4.69) is 11.4 Å². The van der Waals surface area contributed by atoms with Crippen molar-refractivity contribution in [2.75, 3.05) is 13.1 Å². The first kappa shape index (κ1) is 18.4. The number of primary sulfonamides is 1. The highest BCUT2D eigenvalue weighted by Gasteiger charge is 2.23. The van der Waals surface area contributed by atoms with Crippen LogP contribution in [0, 0.1) is 5.92 Å². The SMILES string of the molecule is C/C=C(\C=C/Cn1ccc(S(N)(=O)=O)c1C(=O)O)C1CCNCC1. The van der Waals surface area contributed by atoms with Crippen LogP contribution in [0.15, 0.2) is 41.0 Å². The average molecular weight is 353 g/mol. The number of nitrogens with two attached hydrogens (primary N) is 1. The predicted molar refractivity (Wildman–Crippen MR) is 91.3 cm³/mol. The van der Waals surface area contributed by atoms with Crippen molar-refractivity contribution in [3.05, 3.63) is 41.8 Å². The van der Waals surface area contributed by atoms with Crippen molar-refractivity contribution in [3.8, 4) is 0 Å². The van der Waals surface area contributed by atoms with E-state index in [0.717, 1.165) is 25.9 Å². The summed E-state index contributed by atoms with van der Waals surface area (Å²) in [6.07, 6.45) is 9.46. The number of carbonyl (C=O) groups is 1. The zero-order valence-electron chi connectivity index (χ0n) is 13.6. The molecule has 1 aromatic heterocycles.